The average Bonchev–Trinajstić information content (AvgIpc) is 2.84. The number of carbonyl (C=O) groups is 1. The van der Waals surface area contributed by atoms with Gasteiger partial charge in [-0.25, -0.2) is 4.79 Å². The first-order valence-corrected chi connectivity index (χ1v) is 6.47. The second-order valence-corrected chi connectivity index (χ2v) is 5.47. The number of benzene rings is 1. The minimum absolute atomic E-state index is 0.0328. The lowest BCUT2D eigenvalue weighted by Crippen LogP contribution is -2.35. The molecule has 7 nitrogen and oxygen atoms in total. The molecule has 0 bridgehead atoms. The molecule has 114 valence electrons. The molecule has 1 amide bonds. The Bertz CT molecular complexity index is 563. The summed E-state index contributed by atoms with van der Waals surface area (Å²) in [5, 5.41) is 14.8. The van der Waals surface area contributed by atoms with Gasteiger partial charge in [-0.15, -0.1) is 0 Å². The van der Waals surface area contributed by atoms with Gasteiger partial charge in [0.25, 0.3) is 0 Å². The molecule has 21 heavy (non-hydrogen) atoms. The molecule has 1 aliphatic heterocycles. The van der Waals surface area contributed by atoms with E-state index >= 15 is 0 Å². The second kappa shape index (κ2) is 5.90. The predicted molar refractivity (Wildman–Crippen MR) is 75.1 cm³/mol. The van der Waals surface area contributed by atoms with Crippen molar-refractivity contribution < 1.29 is 24.2 Å². The number of amides is 1. The van der Waals surface area contributed by atoms with Crippen molar-refractivity contribution in [2.45, 2.75) is 26.4 Å². The van der Waals surface area contributed by atoms with E-state index in [4.69, 9.17) is 19.4 Å². The molecule has 0 fully saturated rings. The first-order chi connectivity index (χ1) is 9.89. The lowest BCUT2D eigenvalue weighted by Gasteiger charge is -2.19. The summed E-state index contributed by atoms with van der Waals surface area (Å²) in [4.78, 5) is 11.6. The van der Waals surface area contributed by atoms with Crippen molar-refractivity contribution in [2.75, 3.05) is 13.3 Å². The van der Waals surface area contributed by atoms with Crippen molar-refractivity contribution in [1.82, 2.24) is 5.32 Å². The van der Waals surface area contributed by atoms with E-state index < -0.39 is 11.7 Å². The SMILES string of the molecule is CC(C)(C)OC(=O)NC/C(=N\O)c1ccc2c(c1)OCO2. The average molecular weight is 294 g/mol. The van der Waals surface area contributed by atoms with Crippen LogP contribution in [0.2, 0.25) is 0 Å². The van der Waals surface area contributed by atoms with Gasteiger partial charge >= 0.3 is 6.09 Å². The number of nitrogens with one attached hydrogen (secondary N) is 1. The number of oxime groups is 1. The van der Waals surface area contributed by atoms with E-state index in [1.807, 2.05) is 0 Å². The molecule has 2 rings (SSSR count). The highest BCUT2D eigenvalue weighted by Gasteiger charge is 2.18. The number of carbonyl (C=O) groups excluding carboxylic acids is 1. The standard InChI is InChI=1S/C14H18N2O5/c1-14(2,3)21-13(17)15-7-10(16-18)9-4-5-11-12(6-9)20-8-19-11/h4-6,18H,7-8H2,1-3H3,(H,15,17)/b16-10+. The third-order valence-electron chi connectivity index (χ3n) is 2.63. The minimum Gasteiger partial charge on any atom is -0.454 e. The molecule has 2 N–H and O–H groups in total. The van der Waals surface area contributed by atoms with Gasteiger partial charge in [0.2, 0.25) is 6.79 Å². The summed E-state index contributed by atoms with van der Waals surface area (Å²) in [7, 11) is 0. The Morgan fingerprint density at radius 2 is 2.10 bits per heavy atom. The number of nitrogens with zero attached hydrogens (tertiary/aromatic N) is 1. The van der Waals surface area contributed by atoms with Crippen molar-refractivity contribution >= 4 is 11.8 Å². The summed E-state index contributed by atoms with van der Waals surface area (Å²) < 4.78 is 15.6. The number of fused-ring (bicyclic) bond motifs is 1. The molecule has 1 heterocycles. The van der Waals surface area contributed by atoms with Gasteiger partial charge in [-0.2, -0.15) is 0 Å². The minimum atomic E-state index is -0.584. The van der Waals surface area contributed by atoms with Crippen molar-refractivity contribution in [1.29, 1.82) is 0 Å². The normalized spacial score (nSPS) is 14.0. The van der Waals surface area contributed by atoms with Crippen LogP contribution >= 0.6 is 0 Å². The number of ether oxygens (including phenoxy) is 3. The van der Waals surface area contributed by atoms with E-state index in [1.54, 1.807) is 39.0 Å². The van der Waals surface area contributed by atoms with Crippen molar-refractivity contribution in [3.05, 3.63) is 23.8 Å². The highest BCUT2D eigenvalue weighted by Crippen LogP contribution is 2.32. The number of rotatable bonds is 3. The van der Waals surface area contributed by atoms with Gasteiger partial charge in [0.15, 0.2) is 11.5 Å². The summed E-state index contributed by atoms with van der Waals surface area (Å²) >= 11 is 0. The maximum Gasteiger partial charge on any atom is 0.407 e. The van der Waals surface area contributed by atoms with Crippen LogP contribution in [0.5, 0.6) is 11.5 Å². The number of alkyl carbamates (subject to hydrolysis) is 1. The van der Waals surface area contributed by atoms with E-state index in [1.165, 1.54) is 0 Å². The molecule has 0 atom stereocenters. The number of hydrogen-bond acceptors (Lipinski definition) is 6. The molecule has 0 aromatic heterocycles. The first kappa shape index (κ1) is 15.0. The van der Waals surface area contributed by atoms with E-state index in [9.17, 15) is 4.79 Å². The fourth-order valence-electron chi connectivity index (χ4n) is 1.74. The first-order valence-electron chi connectivity index (χ1n) is 6.47. The van der Waals surface area contributed by atoms with Crippen LogP contribution in [-0.2, 0) is 4.74 Å². The maximum atomic E-state index is 11.6. The Morgan fingerprint density at radius 1 is 1.38 bits per heavy atom. The molecule has 0 spiro atoms. The number of hydrogen-bond donors (Lipinski definition) is 2. The molecular weight excluding hydrogens is 276 g/mol. The molecule has 0 saturated heterocycles. The van der Waals surface area contributed by atoms with Gasteiger partial charge in [0.1, 0.15) is 11.3 Å². The van der Waals surface area contributed by atoms with Crippen molar-refractivity contribution in [3.63, 3.8) is 0 Å². The molecule has 0 unspecified atom stereocenters. The fraction of sp³-hybridized carbons (Fsp3) is 0.429. The molecule has 1 aliphatic rings. The Kier molecular flexibility index (Phi) is 4.21. The Labute approximate surface area is 122 Å². The molecule has 1 aromatic carbocycles. The summed E-state index contributed by atoms with van der Waals surface area (Å²) in [6.07, 6.45) is -0.579. The summed E-state index contributed by atoms with van der Waals surface area (Å²) in [6, 6.07) is 5.13. The monoisotopic (exact) mass is 294 g/mol. The van der Waals surface area contributed by atoms with E-state index in [0.717, 1.165) is 0 Å². The fourth-order valence-corrected chi connectivity index (χ4v) is 1.74. The third kappa shape index (κ3) is 4.01. The van der Waals surface area contributed by atoms with Gasteiger partial charge in [0, 0.05) is 5.56 Å². The van der Waals surface area contributed by atoms with E-state index in [0.29, 0.717) is 22.8 Å². The molecule has 1 aromatic rings. The lowest BCUT2D eigenvalue weighted by molar-refractivity contribution is 0.0536. The van der Waals surface area contributed by atoms with Crippen LogP contribution in [0.4, 0.5) is 4.79 Å². The maximum absolute atomic E-state index is 11.6. The Hall–Kier alpha value is -2.44. The van der Waals surface area contributed by atoms with Crippen molar-refractivity contribution in [3.8, 4) is 11.5 Å². The van der Waals surface area contributed by atoms with Crippen LogP contribution in [0.15, 0.2) is 23.4 Å². The molecular formula is C14H18N2O5. The summed E-state index contributed by atoms with van der Waals surface area (Å²) in [6.45, 7) is 5.51. The third-order valence-corrected chi connectivity index (χ3v) is 2.63. The summed E-state index contributed by atoms with van der Waals surface area (Å²) in [5.74, 6) is 1.21. The van der Waals surface area contributed by atoms with Gasteiger partial charge in [-0.1, -0.05) is 5.16 Å². The zero-order valence-electron chi connectivity index (χ0n) is 12.2. The van der Waals surface area contributed by atoms with Gasteiger partial charge in [-0.05, 0) is 39.0 Å². The van der Waals surface area contributed by atoms with Gasteiger partial charge in [0.05, 0.1) is 6.54 Å². The predicted octanol–water partition coefficient (Wildman–Crippen LogP) is 2.12. The molecule has 0 radical (unpaired) electrons. The second-order valence-electron chi connectivity index (χ2n) is 5.47. The smallest absolute Gasteiger partial charge is 0.407 e. The molecule has 0 aliphatic carbocycles. The van der Waals surface area contributed by atoms with Crippen LogP contribution in [0.1, 0.15) is 26.3 Å². The quantitative estimate of drug-likeness (QED) is 0.506. The largest absolute Gasteiger partial charge is 0.454 e. The zero-order chi connectivity index (χ0) is 15.5. The van der Waals surface area contributed by atoms with Gasteiger partial charge < -0.3 is 24.7 Å². The summed E-state index contributed by atoms with van der Waals surface area (Å²) in [5.41, 5.74) is 0.330. The van der Waals surface area contributed by atoms with Crippen LogP contribution in [-0.4, -0.2) is 36.0 Å². The zero-order valence-corrected chi connectivity index (χ0v) is 12.2. The lowest BCUT2D eigenvalue weighted by atomic mass is 10.1. The molecule has 0 saturated carbocycles. The highest BCUT2D eigenvalue weighted by atomic mass is 16.7. The van der Waals surface area contributed by atoms with E-state index in [-0.39, 0.29) is 13.3 Å². The van der Waals surface area contributed by atoms with Crippen LogP contribution in [0.25, 0.3) is 0 Å². The van der Waals surface area contributed by atoms with E-state index in [2.05, 4.69) is 10.5 Å². The van der Waals surface area contributed by atoms with Crippen LogP contribution in [0, 0.1) is 0 Å². The topological polar surface area (TPSA) is 89.4 Å². The van der Waals surface area contributed by atoms with Crippen LogP contribution < -0.4 is 14.8 Å². The molecule has 7 heteroatoms. The Balaban J connectivity index is 1.99. The Morgan fingerprint density at radius 3 is 2.76 bits per heavy atom. The van der Waals surface area contributed by atoms with Crippen molar-refractivity contribution in [2.24, 2.45) is 5.16 Å². The van der Waals surface area contributed by atoms with Crippen LogP contribution in [0.3, 0.4) is 0 Å². The highest BCUT2D eigenvalue weighted by molar-refractivity contribution is 6.03. The van der Waals surface area contributed by atoms with Gasteiger partial charge in [-0.3, -0.25) is 0 Å².